The summed E-state index contributed by atoms with van der Waals surface area (Å²) < 4.78 is 18.2. The van der Waals surface area contributed by atoms with Gasteiger partial charge in [0.2, 0.25) is 0 Å². The van der Waals surface area contributed by atoms with Crippen molar-refractivity contribution in [2.24, 2.45) is 0 Å². The first-order valence-electron chi connectivity index (χ1n) is 11.3. The molecule has 0 atom stereocenters. The van der Waals surface area contributed by atoms with Gasteiger partial charge < -0.3 is 29.0 Å². The van der Waals surface area contributed by atoms with Crippen LogP contribution in [0.15, 0.2) is 35.5 Å². The predicted octanol–water partition coefficient (Wildman–Crippen LogP) is 1.22. The Balaban J connectivity index is 1.13. The lowest BCUT2D eigenvalue weighted by molar-refractivity contribution is 0.170. The van der Waals surface area contributed by atoms with Gasteiger partial charge in [0.15, 0.2) is 17.1 Å². The number of methoxy groups -OCH3 is 1. The van der Waals surface area contributed by atoms with E-state index < -0.39 is 0 Å². The minimum absolute atomic E-state index is 0.124. The molecule has 3 aromatic rings. The molecule has 0 saturated carbocycles. The van der Waals surface area contributed by atoms with Crippen molar-refractivity contribution in [2.45, 2.75) is 32.0 Å². The van der Waals surface area contributed by atoms with Crippen LogP contribution in [0.2, 0.25) is 0 Å². The van der Waals surface area contributed by atoms with Crippen molar-refractivity contribution in [1.82, 2.24) is 29.7 Å². The van der Waals surface area contributed by atoms with Crippen LogP contribution < -0.4 is 25.1 Å². The molecule has 10 nitrogen and oxygen atoms in total. The summed E-state index contributed by atoms with van der Waals surface area (Å²) in [6.07, 6.45) is 6.79. The SMILES string of the molecule is COc1cnc2ncc(=O)n(CCN3CCC(NCc4cc5c(cn4)OCCO5)CC3)c2c1. The Morgan fingerprint density at radius 2 is 1.82 bits per heavy atom. The molecule has 5 heterocycles. The largest absolute Gasteiger partial charge is 0.495 e. The summed E-state index contributed by atoms with van der Waals surface area (Å²) in [5.41, 5.74) is 2.08. The van der Waals surface area contributed by atoms with Gasteiger partial charge in [-0.15, -0.1) is 0 Å². The fourth-order valence-electron chi connectivity index (χ4n) is 4.31. The van der Waals surface area contributed by atoms with Gasteiger partial charge in [-0.2, -0.15) is 0 Å². The van der Waals surface area contributed by atoms with Crippen LogP contribution in [0.3, 0.4) is 0 Å². The lowest BCUT2D eigenvalue weighted by Crippen LogP contribution is -2.43. The molecule has 0 amide bonds. The van der Waals surface area contributed by atoms with Gasteiger partial charge in [-0.1, -0.05) is 0 Å². The zero-order valence-corrected chi connectivity index (χ0v) is 18.7. The van der Waals surface area contributed by atoms with Gasteiger partial charge in [0, 0.05) is 37.8 Å². The summed E-state index contributed by atoms with van der Waals surface area (Å²) in [4.78, 5) is 27.8. The van der Waals surface area contributed by atoms with Crippen molar-refractivity contribution in [3.8, 4) is 17.2 Å². The van der Waals surface area contributed by atoms with E-state index in [-0.39, 0.29) is 5.56 Å². The van der Waals surface area contributed by atoms with Crippen molar-refractivity contribution >= 4 is 11.2 Å². The average molecular weight is 453 g/mol. The highest BCUT2D eigenvalue weighted by Gasteiger charge is 2.20. The van der Waals surface area contributed by atoms with Crippen molar-refractivity contribution < 1.29 is 14.2 Å². The minimum atomic E-state index is -0.124. The van der Waals surface area contributed by atoms with E-state index in [4.69, 9.17) is 14.2 Å². The molecular formula is C23H28N6O4. The summed E-state index contributed by atoms with van der Waals surface area (Å²) in [6.45, 7) is 5.19. The third-order valence-electron chi connectivity index (χ3n) is 6.20. The van der Waals surface area contributed by atoms with Crippen molar-refractivity contribution in [1.29, 1.82) is 0 Å². The van der Waals surface area contributed by atoms with E-state index in [0.717, 1.165) is 43.9 Å². The molecule has 1 N–H and O–H groups in total. The summed E-state index contributed by atoms with van der Waals surface area (Å²) in [6, 6.07) is 4.21. The molecule has 0 radical (unpaired) electrons. The van der Waals surface area contributed by atoms with Crippen LogP contribution in [0.4, 0.5) is 0 Å². The molecule has 33 heavy (non-hydrogen) atoms. The van der Waals surface area contributed by atoms with Gasteiger partial charge >= 0.3 is 0 Å². The number of piperidine rings is 1. The first kappa shape index (κ1) is 21.6. The number of ether oxygens (including phenoxy) is 3. The number of aromatic nitrogens is 4. The molecule has 0 aromatic carbocycles. The van der Waals surface area contributed by atoms with Gasteiger partial charge in [-0.25, -0.2) is 9.97 Å². The van der Waals surface area contributed by atoms with Crippen LogP contribution in [-0.4, -0.2) is 70.4 Å². The van der Waals surface area contributed by atoms with Gasteiger partial charge in [-0.05, 0) is 25.9 Å². The number of pyridine rings is 2. The van der Waals surface area contributed by atoms with E-state index >= 15 is 0 Å². The molecule has 5 rings (SSSR count). The molecule has 0 spiro atoms. The number of nitrogens with one attached hydrogen (secondary N) is 1. The second-order valence-corrected chi connectivity index (χ2v) is 8.28. The fraction of sp³-hybridized carbons (Fsp3) is 0.478. The molecule has 1 fully saturated rings. The van der Waals surface area contributed by atoms with Crippen LogP contribution >= 0.6 is 0 Å². The second-order valence-electron chi connectivity index (χ2n) is 8.28. The molecule has 1 saturated heterocycles. The van der Waals surface area contributed by atoms with E-state index in [9.17, 15) is 4.79 Å². The zero-order chi connectivity index (χ0) is 22.6. The van der Waals surface area contributed by atoms with Crippen molar-refractivity contribution in [3.05, 3.63) is 46.8 Å². The van der Waals surface area contributed by atoms with E-state index in [2.05, 4.69) is 25.2 Å². The van der Waals surface area contributed by atoms with Gasteiger partial charge in [0.1, 0.15) is 19.0 Å². The Morgan fingerprint density at radius 1 is 1.03 bits per heavy atom. The molecule has 2 aliphatic rings. The Hall–Kier alpha value is -3.24. The maximum Gasteiger partial charge on any atom is 0.269 e. The Bertz CT molecular complexity index is 1180. The first-order chi connectivity index (χ1) is 16.2. The lowest BCUT2D eigenvalue weighted by Gasteiger charge is -2.32. The van der Waals surface area contributed by atoms with Crippen LogP contribution in [0, 0.1) is 0 Å². The Kier molecular flexibility index (Phi) is 6.36. The van der Waals surface area contributed by atoms with Crippen molar-refractivity contribution in [3.63, 3.8) is 0 Å². The predicted molar refractivity (Wildman–Crippen MR) is 122 cm³/mol. The minimum Gasteiger partial charge on any atom is -0.495 e. The smallest absolute Gasteiger partial charge is 0.269 e. The highest BCUT2D eigenvalue weighted by molar-refractivity contribution is 5.71. The monoisotopic (exact) mass is 452 g/mol. The molecule has 3 aromatic heterocycles. The fourth-order valence-corrected chi connectivity index (χ4v) is 4.31. The molecule has 174 valence electrons. The maximum absolute atomic E-state index is 12.4. The first-order valence-corrected chi connectivity index (χ1v) is 11.3. The third kappa shape index (κ3) is 4.91. The Labute approximate surface area is 191 Å². The topological polar surface area (TPSA) is 104 Å². The van der Waals surface area contributed by atoms with Gasteiger partial charge in [-0.3, -0.25) is 9.78 Å². The summed E-state index contributed by atoms with van der Waals surface area (Å²) in [7, 11) is 1.59. The zero-order valence-electron chi connectivity index (χ0n) is 18.7. The number of likely N-dealkylation sites (tertiary alicyclic amines) is 1. The van der Waals surface area contributed by atoms with E-state index in [1.54, 1.807) is 24.1 Å². The highest BCUT2D eigenvalue weighted by Crippen LogP contribution is 2.29. The molecule has 10 heteroatoms. The van der Waals surface area contributed by atoms with Crippen LogP contribution in [0.1, 0.15) is 18.5 Å². The molecule has 0 bridgehead atoms. The quantitative estimate of drug-likeness (QED) is 0.567. The standard InChI is InChI=1S/C23H28N6O4/c1-31-18-11-19-23(26-13-18)27-15-22(30)29(19)7-6-28-4-2-16(3-5-28)24-12-17-10-20-21(14-25-17)33-9-8-32-20/h10-11,13-16,24H,2-9,12H2,1H3. The maximum atomic E-state index is 12.4. The normalized spacial score (nSPS) is 16.8. The number of fused-ring (bicyclic) bond motifs is 2. The molecule has 2 aliphatic heterocycles. The highest BCUT2D eigenvalue weighted by atomic mass is 16.6. The van der Waals surface area contributed by atoms with Gasteiger partial charge in [0.05, 0.1) is 36.9 Å². The number of hydrogen-bond donors (Lipinski definition) is 1. The second kappa shape index (κ2) is 9.72. The van der Waals surface area contributed by atoms with E-state index in [1.807, 2.05) is 12.1 Å². The number of hydrogen-bond acceptors (Lipinski definition) is 9. The average Bonchev–Trinajstić information content (AvgIpc) is 2.87. The molecule has 0 unspecified atom stereocenters. The Morgan fingerprint density at radius 3 is 2.64 bits per heavy atom. The van der Waals surface area contributed by atoms with Crippen LogP contribution in [0.25, 0.3) is 11.2 Å². The number of rotatable bonds is 7. The summed E-state index contributed by atoms with van der Waals surface area (Å²) in [5, 5.41) is 3.61. The summed E-state index contributed by atoms with van der Waals surface area (Å²) >= 11 is 0. The van der Waals surface area contributed by atoms with Crippen LogP contribution in [0.5, 0.6) is 17.2 Å². The van der Waals surface area contributed by atoms with Gasteiger partial charge in [0.25, 0.3) is 5.56 Å². The van der Waals surface area contributed by atoms with Crippen molar-refractivity contribution in [2.75, 3.05) is 40.0 Å². The lowest BCUT2D eigenvalue weighted by atomic mass is 10.0. The third-order valence-corrected chi connectivity index (χ3v) is 6.20. The van der Waals surface area contributed by atoms with E-state index in [1.165, 1.54) is 6.20 Å². The van der Waals surface area contributed by atoms with E-state index in [0.29, 0.717) is 55.0 Å². The van der Waals surface area contributed by atoms with Crippen LogP contribution in [-0.2, 0) is 13.1 Å². The number of nitrogens with zero attached hydrogens (tertiary/aromatic N) is 5. The molecular weight excluding hydrogens is 424 g/mol. The molecule has 0 aliphatic carbocycles. The summed E-state index contributed by atoms with van der Waals surface area (Å²) in [5.74, 6) is 2.10.